The third-order valence-electron chi connectivity index (χ3n) is 1.18. The number of rotatable bonds is 1. The minimum Gasteiger partial charge on any atom is -0.871 e. The van der Waals surface area contributed by atoms with Crippen molar-refractivity contribution in [1.29, 1.82) is 0 Å². The van der Waals surface area contributed by atoms with E-state index in [-0.39, 0.29) is 16.3 Å². The molecular weight excluding hydrogens is 168 g/mol. The van der Waals surface area contributed by atoms with Crippen LogP contribution in [-0.4, -0.2) is 11.1 Å². The first-order valence-corrected chi connectivity index (χ1v) is 3.19. The number of halogens is 1. The Morgan fingerprint density at radius 1 is 1.55 bits per heavy atom. The van der Waals surface area contributed by atoms with E-state index in [1.165, 1.54) is 6.07 Å². The zero-order chi connectivity index (χ0) is 8.43. The van der Waals surface area contributed by atoms with Crippen LogP contribution in [0.1, 0.15) is 10.4 Å². The van der Waals surface area contributed by atoms with Gasteiger partial charge in [-0.3, -0.25) is 0 Å². The number of benzene rings is 1. The lowest BCUT2D eigenvalue weighted by molar-refractivity contribution is -0.268. The van der Waals surface area contributed by atoms with E-state index in [0.29, 0.717) is 0 Å². The zero-order valence-corrected chi connectivity index (χ0v) is 6.13. The fourth-order valence-electron chi connectivity index (χ4n) is 0.634. The molecule has 0 aliphatic heterocycles. The Balaban J connectivity index is 3.15. The van der Waals surface area contributed by atoms with Crippen molar-refractivity contribution in [2.24, 2.45) is 0 Å². The lowest BCUT2D eigenvalue weighted by atomic mass is 10.2. The molecule has 0 saturated carbocycles. The maximum absolute atomic E-state index is 10.7. The third kappa shape index (κ3) is 1.62. The second-order valence-electron chi connectivity index (χ2n) is 1.95. The van der Waals surface area contributed by atoms with Gasteiger partial charge in [0.1, 0.15) is 0 Å². The molecule has 4 heteroatoms. The molecule has 1 aromatic rings. The van der Waals surface area contributed by atoms with E-state index in [0.717, 1.165) is 12.1 Å². The van der Waals surface area contributed by atoms with Gasteiger partial charge in [-0.2, -0.15) is 0 Å². The summed E-state index contributed by atoms with van der Waals surface area (Å²) in [6.45, 7) is 0. The van der Waals surface area contributed by atoms with Crippen LogP contribution in [0.3, 0.4) is 0 Å². The van der Waals surface area contributed by atoms with Crippen LogP contribution in [0.25, 0.3) is 0 Å². The summed E-state index contributed by atoms with van der Waals surface area (Å²) < 4.78 is 0. The van der Waals surface area contributed by atoms with E-state index in [9.17, 15) is 9.90 Å². The smallest absolute Gasteiger partial charge is 0.335 e. The molecule has 0 aromatic heterocycles. The SMILES string of the molecule is O=C(O)c1ccc([O-])c(Cl)c1. The summed E-state index contributed by atoms with van der Waals surface area (Å²) in [4.78, 5) is 10.3. The van der Waals surface area contributed by atoms with Crippen molar-refractivity contribution >= 4 is 17.6 Å². The Labute approximate surface area is 67.8 Å². The Morgan fingerprint density at radius 2 is 2.18 bits per heavy atom. The summed E-state index contributed by atoms with van der Waals surface area (Å²) in [5.74, 6) is -1.46. The van der Waals surface area contributed by atoms with Crippen LogP contribution in [0.15, 0.2) is 18.2 Å². The van der Waals surface area contributed by atoms with Gasteiger partial charge in [0.15, 0.2) is 0 Å². The molecule has 0 radical (unpaired) electrons. The average Bonchev–Trinajstić information content (AvgIpc) is 1.94. The normalized spacial score (nSPS) is 9.55. The summed E-state index contributed by atoms with van der Waals surface area (Å²) in [6, 6.07) is 3.48. The number of carboxylic acid groups (broad SMARTS) is 1. The van der Waals surface area contributed by atoms with E-state index in [1.807, 2.05) is 0 Å². The Morgan fingerprint density at radius 3 is 2.64 bits per heavy atom. The van der Waals surface area contributed by atoms with Crippen LogP contribution in [-0.2, 0) is 0 Å². The molecule has 0 aliphatic rings. The standard InChI is InChI=1S/C7H5ClO3/c8-5-3-4(7(10)11)1-2-6(5)9/h1-3,9H,(H,10,11)/p-1. The molecule has 0 bridgehead atoms. The van der Waals surface area contributed by atoms with Crippen molar-refractivity contribution in [2.45, 2.75) is 0 Å². The monoisotopic (exact) mass is 171 g/mol. The first-order valence-electron chi connectivity index (χ1n) is 2.81. The average molecular weight is 172 g/mol. The van der Waals surface area contributed by atoms with E-state index in [2.05, 4.69) is 0 Å². The number of aromatic carboxylic acids is 1. The lowest BCUT2D eigenvalue weighted by Crippen LogP contribution is -1.97. The van der Waals surface area contributed by atoms with Crippen molar-refractivity contribution in [3.05, 3.63) is 28.8 Å². The van der Waals surface area contributed by atoms with Crippen LogP contribution >= 0.6 is 11.6 Å². The number of hydrogen-bond donors (Lipinski definition) is 1. The molecule has 0 saturated heterocycles. The highest BCUT2D eigenvalue weighted by Crippen LogP contribution is 2.20. The topological polar surface area (TPSA) is 60.4 Å². The Hall–Kier alpha value is -1.22. The molecule has 1 rings (SSSR count). The van der Waals surface area contributed by atoms with Crippen molar-refractivity contribution < 1.29 is 15.0 Å². The predicted molar refractivity (Wildman–Crippen MR) is 37.9 cm³/mol. The molecule has 0 aliphatic carbocycles. The van der Waals surface area contributed by atoms with Crippen molar-refractivity contribution in [3.8, 4) is 5.75 Å². The minimum absolute atomic E-state index is 0.0228. The molecule has 11 heavy (non-hydrogen) atoms. The molecule has 0 unspecified atom stereocenters. The maximum atomic E-state index is 10.7. The van der Waals surface area contributed by atoms with Crippen LogP contribution < -0.4 is 5.11 Å². The van der Waals surface area contributed by atoms with Crippen LogP contribution in [0.5, 0.6) is 5.75 Å². The quantitative estimate of drug-likeness (QED) is 0.689. The second-order valence-corrected chi connectivity index (χ2v) is 2.36. The van der Waals surface area contributed by atoms with Gasteiger partial charge in [-0.15, -0.1) is 0 Å². The fraction of sp³-hybridized carbons (Fsp3) is 0. The van der Waals surface area contributed by atoms with Gasteiger partial charge in [-0.25, -0.2) is 4.79 Å². The van der Waals surface area contributed by atoms with Crippen molar-refractivity contribution in [3.63, 3.8) is 0 Å². The number of carbonyl (C=O) groups is 1. The Kier molecular flexibility index (Phi) is 2.01. The largest absolute Gasteiger partial charge is 0.871 e. The molecule has 58 valence electrons. The molecule has 3 nitrogen and oxygen atoms in total. The van der Waals surface area contributed by atoms with Crippen LogP contribution in [0.2, 0.25) is 5.02 Å². The Bertz CT molecular complexity index is 296. The summed E-state index contributed by atoms with van der Waals surface area (Å²) in [6.07, 6.45) is 0. The first-order chi connectivity index (χ1) is 5.11. The maximum Gasteiger partial charge on any atom is 0.335 e. The highest BCUT2D eigenvalue weighted by molar-refractivity contribution is 6.32. The highest BCUT2D eigenvalue weighted by atomic mass is 35.5. The minimum atomic E-state index is -1.09. The molecule has 0 fully saturated rings. The molecule has 0 heterocycles. The molecular formula is C7H4ClO3-. The summed E-state index contributed by atoms with van der Waals surface area (Å²) in [5.41, 5.74) is 0.0228. The summed E-state index contributed by atoms with van der Waals surface area (Å²) >= 11 is 5.38. The van der Waals surface area contributed by atoms with Gasteiger partial charge < -0.3 is 10.2 Å². The molecule has 1 N–H and O–H groups in total. The lowest BCUT2D eigenvalue weighted by Gasteiger charge is -2.06. The van der Waals surface area contributed by atoms with Crippen LogP contribution in [0.4, 0.5) is 0 Å². The van der Waals surface area contributed by atoms with E-state index in [1.54, 1.807) is 0 Å². The van der Waals surface area contributed by atoms with E-state index >= 15 is 0 Å². The van der Waals surface area contributed by atoms with Gasteiger partial charge in [-0.05, 0) is 12.1 Å². The van der Waals surface area contributed by atoms with Gasteiger partial charge in [0, 0.05) is 5.02 Å². The van der Waals surface area contributed by atoms with Crippen molar-refractivity contribution in [1.82, 2.24) is 0 Å². The van der Waals surface area contributed by atoms with E-state index in [4.69, 9.17) is 16.7 Å². The van der Waals surface area contributed by atoms with Gasteiger partial charge in [0.25, 0.3) is 0 Å². The second kappa shape index (κ2) is 2.80. The van der Waals surface area contributed by atoms with Crippen LogP contribution in [0, 0.1) is 0 Å². The van der Waals surface area contributed by atoms with E-state index < -0.39 is 5.97 Å². The third-order valence-corrected chi connectivity index (χ3v) is 1.47. The summed E-state index contributed by atoms with van der Waals surface area (Å²) in [7, 11) is 0. The predicted octanol–water partition coefficient (Wildman–Crippen LogP) is 1.11. The summed E-state index contributed by atoms with van der Waals surface area (Å²) in [5, 5.41) is 19.0. The molecule has 1 aromatic carbocycles. The van der Waals surface area contributed by atoms with Crippen molar-refractivity contribution in [2.75, 3.05) is 0 Å². The van der Waals surface area contributed by atoms with Gasteiger partial charge in [-0.1, -0.05) is 23.4 Å². The van der Waals surface area contributed by atoms with Gasteiger partial charge >= 0.3 is 5.97 Å². The molecule has 0 spiro atoms. The number of carboxylic acids is 1. The zero-order valence-electron chi connectivity index (χ0n) is 5.37. The first kappa shape index (κ1) is 7.88. The molecule has 0 amide bonds. The molecule has 0 atom stereocenters. The van der Waals surface area contributed by atoms with Gasteiger partial charge in [0.2, 0.25) is 0 Å². The highest BCUT2D eigenvalue weighted by Gasteiger charge is 2.01. The number of hydrogen-bond acceptors (Lipinski definition) is 2. The fourth-order valence-corrected chi connectivity index (χ4v) is 0.814. The van der Waals surface area contributed by atoms with Gasteiger partial charge in [0.05, 0.1) is 5.56 Å².